The van der Waals surface area contributed by atoms with Gasteiger partial charge in [0, 0.05) is 26.1 Å². The maximum atomic E-state index is 13.4. The summed E-state index contributed by atoms with van der Waals surface area (Å²) >= 11 is 0. The molecule has 1 aliphatic heterocycles. The second-order valence-electron chi connectivity index (χ2n) is 8.46. The quantitative estimate of drug-likeness (QED) is 0.418. The zero-order chi connectivity index (χ0) is 27.6. The summed E-state index contributed by atoms with van der Waals surface area (Å²) in [6, 6.07) is 8.45. The summed E-state index contributed by atoms with van der Waals surface area (Å²) in [5.74, 6) is -5.07. The van der Waals surface area contributed by atoms with E-state index < -0.39 is 36.3 Å². The number of carboxylic acid groups (broad SMARTS) is 2. The van der Waals surface area contributed by atoms with Crippen LogP contribution in [0.25, 0.3) is 0 Å². The average Bonchev–Trinajstić information content (AvgIpc) is 2.77. The molecule has 5 N–H and O–H groups in total. The molecule has 10 nitrogen and oxygen atoms in total. The minimum atomic E-state index is -5.19. The third-order valence-corrected chi connectivity index (χ3v) is 4.87. The highest BCUT2D eigenvalue weighted by Crippen LogP contribution is 2.20. The number of amides is 2. The van der Waals surface area contributed by atoms with Crippen molar-refractivity contribution >= 4 is 23.8 Å². The summed E-state index contributed by atoms with van der Waals surface area (Å²) < 4.78 is 37.1. The lowest BCUT2D eigenvalue weighted by molar-refractivity contribution is -0.414. The molecule has 0 bridgehead atoms. The van der Waals surface area contributed by atoms with Gasteiger partial charge in [-0.2, -0.15) is 13.2 Å². The maximum absolute atomic E-state index is 13.4. The Hall–Kier alpha value is -3.61. The van der Waals surface area contributed by atoms with Crippen LogP contribution >= 0.6 is 0 Å². The normalized spacial score (nSPS) is 19.2. The molecule has 13 heteroatoms. The number of ether oxygens (including phenoxy) is 1. The molecule has 0 unspecified atom stereocenters. The first-order valence-corrected chi connectivity index (χ1v) is 11.0. The number of hydrogen-bond donors (Lipinski definition) is 3. The van der Waals surface area contributed by atoms with Gasteiger partial charge in [-0.25, -0.2) is 4.79 Å². The number of benzene rings is 1. The summed E-state index contributed by atoms with van der Waals surface area (Å²) in [6.45, 7) is 6.30. The molecular weight excluding hydrogens is 487 g/mol. The summed E-state index contributed by atoms with van der Waals surface area (Å²) in [5.41, 5.74) is 5.00. The third-order valence-electron chi connectivity index (χ3n) is 4.87. The van der Waals surface area contributed by atoms with E-state index in [9.17, 15) is 32.7 Å². The van der Waals surface area contributed by atoms with Crippen molar-refractivity contribution in [3.8, 4) is 0 Å². The maximum Gasteiger partial charge on any atom is 0.430 e. The Bertz CT molecular complexity index is 952. The topological polar surface area (TPSA) is 164 Å². The summed E-state index contributed by atoms with van der Waals surface area (Å²) in [7, 11) is 0. The predicted octanol–water partition coefficient (Wildman–Crippen LogP) is -0.505. The second-order valence-corrected chi connectivity index (χ2v) is 8.46. The Morgan fingerprint density at radius 3 is 2.19 bits per heavy atom. The fourth-order valence-electron chi connectivity index (χ4n) is 3.34. The number of rotatable bonds is 8. The van der Waals surface area contributed by atoms with Gasteiger partial charge in [0.25, 0.3) is 5.91 Å². The van der Waals surface area contributed by atoms with Crippen molar-refractivity contribution in [3.63, 3.8) is 0 Å². The largest absolute Gasteiger partial charge is 0.542 e. The number of carboxylic acids is 2. The van der Waals surface area contributed by atoms with Crippen molar-refractivity contribution in [1.82, 2.24) is 10.2 Å². The van der Waals surface area contributed by atoms with Gasteiger partial charge in [-0.05, 0) is 17.9 Å². The molecule has 36 heavy (non-hydrogen) atoms. The highest BCUT2D eigenvalue weighted by atomic mass is 19.4. The second kappa shape index (κ2) is 13.5. The Labute approximate surface area is 205 Å². The summed E-state index contributed by atoms with van der Waals surface area (Å²) in [6.07, 6.45) is -4.36. The first kappa shape index (κ1) is 30.4. The fraction of sp³-hybridized carbons (Fsp3) is 0.478. The average molecular weight is 518 g/mol. The fourth-order valence-corrected chi connectivity index (χ4v) is 3.34. The van der Waals surface area contributed by atoms with Gasteiger partial charge in [0.1, 0.15) is 18.1 Å². The smallest absolute Gasteiger partial charge is 0.430 e. The molecule has 200 valence electrons. The Morgan fingerprint density at radius 1 is 1.19 bits per heavy atom. The van der Waals surface area contributed by atoms with Crippen molar-refractivity contribution in [1.29, 1.82) is 0 Å². The van der Waals surface area contributed by atoms with E-state index in [0.29, 0.717) is 19.5 Å². The van der Waals surface area contributed by atoms with E-state index in [4.69, 9.17) is 14.6 Å². The van der Waals surface area contributed by atoms with Crippen molar-refractivity contribution in [2.75, 3.05) is 13.1 Å². The molecule has 2 amide bonds. The minimum Gasteiger partial charge on any atom is -0.542 e. The molecular formula is C23H30F3N3O7. The van der Waals surface area contributed by atoms with Crippen LogP contribution in [0.3, 0.4) is 0 Å². The molecule has 0 aromatic heterocycles. The number of halogens is 3. The number of alkyl halides is 3. The molecule has 1 aromatic rings. The molecule has 2 rings (SSSR count). The van der Waals surface area contributed by atoms with Gasteiger partial charge >= 0.3 is 12.1 Å². The van der Waals surface area contributed by atoms with Crippen LogP contribution in [-0.4, -0.2) is 71.2 Å². The van der Waals surface area contributed by atoms with Crippen LogP contribution in [0.15, 0.2) is 42.2 Å². The Kier molecular flexibility index (Phi) is 11.4. The molecule has 0 radical (unpaired) electrons. The summed E-state index contributed by atoms with van der Waals surface area (Å²) in [4.78, 5) is 46.9. The highest BCUT2D eigenvalue weighted by Gasteiger charge is 2.44. The molecule has 1 heterocycles. The lowest BCUT2D eigenvalue weighted by Crippen LogP contribution is -2.74. The molecule has 1 aliphatic rings. The molecule has 0 fully saturated rings. The number of aliphatic carboxylic acids is 2. The van der Waals surface area contributed by atoms with Crippen molar-refractivity contribution in [3.05, 3.63) is 47.7 Å². The zero-order valence-corrected chi connectivity index (χ0v) is 20.1. The molecule has 0 aliphatic carbocycles. The van der Waals surface area contributed by atoms with Crippen LogP contribution < -0.4 is 16.2 Å². The van der Waals surface area contributed by atoms with Crippen molar-refractivity contribution in [2.24, 2.45) is 5.92 Å². The third kappa shape index (κ3) is 9.94. The van der Waals surface area contributed by atoms with Crippen LogP contribution in [-0.2, 0) is 30.3 Å². The highest BCUT2D eigenvalue weighted by molar-refractivity contribution is 5.88. The number of quaternary nitrogens is 1. The lowest BCUT2D eigenvalue weighted by atomic mass is 9.97. The number of carbonyl (C=O) groups excluding carboxylic acids is 3. The molecule has 0 saturated heterocycles. The van der Waals surface area contributed by atoms with Crippen LogP contribution in [0.2, 0.25) is 0 Å². The minimum absolute atomic E-state index is 0.211. The number of nitrogens with zero attached hydrogens (tertiary/aromatic N) is 1. The number of carbonyl (C=O) groups is 4. The van der Waals surface area contributed by atoms with Crippen LogP contribution in [0.1, 0.15) is 26.3 Å². The lowest BCUT2D eigenvalue weighted by Gasteiger charge is -2.36. The van der Waals surface area contributed by atoms with Gasteiger partial charge in [0.2, 0.25) is 17.8 Å². The molecule has 3 atom stereocenters. The Morgan fingerprint density at radius 2 is 1.75 bits per heavy atom. The van der Waals surface area contributed by atoms with E-state index in [1.54, 1.807) is 4.90 Å². The van der Waals surface area contributed by atoms with Crippen LogP contribution in [0.5, 0.6) is 0 Å². The summed E-state index contributed by atoms with van der Waals surface area (Å²) in [5, 5.41) is 20.8. The van der Waals surface area contributed by atoms with Crippen LogP contribution in [0, 0.1) is 5.92 Å². The van der Waals surface area contributed by atoms with Crippen molar-refractivity contribution < 1.29 is 53.0 Å². The van der Waals surface area contributed by atoms with Gasteiger partial charge in [-0.1, -0.05) is 44.2 Å². The Balaban J connectivity index is 0.000000809. The van der Waals surface area contributed by atoms with Gasteiger partial charge in [0.05, 0.1) is 0 Å². The molecule has 0 saturated carbocycles. The van der Waals surface area contributed by atoms with Crippen LogP contribution in [0.4, 0.5) is 13.2 Å². The van der Waals surface area contributed by atoms with E-state index in [-0.39, 0.29) is 23.5 Å². The first-order valence-electron chi connectivity index (χ1n) is 11.0. The van der Waals surface area contributed by atoms with E-state index in [1.165, 1.54) is 13.0 Å². The van der Waals surface area contributed by atoms with Gasteiger partial charge in [0.15, 0.2) is 0 Å². The monoisotopic (exact) mass is 517 g/mol. The van der Waals surface area contributed by atoms with E-state index in [0.717, 1.165) is 5.56 Å². The first-order chi connectivity index (χ1) is 16.6. The molecule has 0 spiro atoms. The number of hydrogen-bond acceptors (Lipinski definition) is 6. The van der Waals surface area contributed by atoms with E-state index in [1.807, 2.05) is 44.2 Å². The van der Waals surface area contributed by atoms with Gasteiger partial charge in [-0.15, -0.1) is 0 Å². The SMILES string of the molecule is CC(=O)N[C@@H]1[C@@H]([NH3+])C=C(C(=O)O)O[C@H]1C(=O)N(CCc1ccccc1)CC(C)C.O=C([O-])C(F)(F)F. The van der Waals surface area contributed by atoms with E-state index in [2.05, 4.69) is 11.1 Å². The van der Waals surface area contributed by atoms with Gasteiger partial charge < -0.3 is 35.7 Å². The zero-order valence-electron chi connectivity index (χ0n) is 20.1. The van der Waals surface area contributed by atoms with E-state index >= 15 is 0 Å². The number of nitrogens with one attached hydrogen (secondary N) is 1. The predicted molar refractivity (Wildman–Crippen MR) is 117 cm³/mol. The van der Waals surface area contributed by atoms with Crippen molar-refractivity contribution in [2.45, 2.75) is 51.6 Å². The molecule has 1 aromatic carbocycles. The standard InChI is InChI=1S/C21H29N3O5.C2HF3O2/c1-13(2)12-24(10-9-15-7-5-4-6-8-15)20(26)19-18(23-14(3)25)16(22)11-17(29-19)21(27)28;3-2(4,5)1(6)7/h4-8,11,13,16,18-19H,9-10,12,22H2,1-3H3,(H,23,25)(H,27,28);(H,6,7)/t16-,18+,19+;/m0./s1. The van der Waals surface area contributed by atoms with Gasteiger partial charge in [-0.3, -0.25) is 9.59 Å².